The Morgan fingerprint density at radius 3 is 2.90 bits per heavy atom. The van der Waals surface area contributed by atoms with E-state index in [1.807, 2.05) is 23.9 Å². The fourth-order valence-corrected chi connectivity index (χ4v) is 3.52. The van der Waals surface area contributed by atoms with Gasteiger partial charge < -0.3 is 15.4 Å². The van der Waals surface area contributed by atoms with E-state index in [0.717, 1.165) is 54.2 Å². The van der Waals surface area contributed by atoms with Crippen molar-refractivity contribution < 1.29 is 4.74 Å². The predicted molar refractivity (Wildman–Crippen MR) is 94.4 cm³/mol. The summed E-state index contributed by atoms with van der Waals surface area (Å²) in [5.74, 6) is 3.91. The van der Waals surface area contributed by atoms with E-state index < -0.39 is 0 Å². The molecule has 0 unspecified atom stereocenters. The Morgan fingerprint density at radius 1 is 1.43 bits per heavy atom. The van der Waals surface area contributed by atoms with Crippen LogP contribution in [0.15, 0.2) is 27.7 Å². The Hall–Kier alpha value is -0.880. The number of rotatable bonds is 5. The van der Waals surface area contributed by atoms with Crippen molar-refractivity contribution in [3.63, 3.8) is 0 Å². The molecule has 4 nitrogen and oxygen atoms in total. The predicted octanol–water partition coefficient (Wildman–Crippen LogP) is 2.75. The Balaban J connectivity index is 1.81. The largest absolute Gasteiger partial charge is 0.496 e. The second-order valence-corrected chi connectivity index (χ2v) is 7.04. The lowest BCUT2D eigenvalue weighted by Crippen LogP contribution is -2.42. The highest BCUT2D eigenvalue weighted by atomic mass is 79.9. The molecule has 0 atom stereocenters. The first-order chi connectivity index (χ1) is 10.2. The number of hydrogen-bond acceptors (Lipinski definition) is 3. The van der Waals surface area contributed by atoms with Crippen LogP contribution in [0.3, 0.4) is 0 Å². The van der Waals surface area contributed by atoms with Crippen LogP contribution in [-0.4, -0.2) is 49.1 Å². The molecule has 6 heteroatoms. The smallest absolute Gasteiger partial charge is 0.191 e. The fourth-order valence-electron chi connectivity index (χ4n) is 2.28. The van der Waals surface area contributed by atoms with Crippen molar-refractivity contribution >= 4 is 33.7 Å². The van der Waals surface area contributed by atoms with Crippen molar-refractivity contribution in [3.05, 3.63) is 28.2 Å². The quantitative estimate of drug-likeness (QED) is 0.491. The van der Waals surface area contributed by atoms with E-state index >= 15 is 0 Å². The van der Waals surface area contributed by atoms with Gasteiger partial charge in [-0.05, 0) is 30.5 Å². The van der Waals surface area contributed by atoms with Gasteiger partial charge in [-0.1, -0.05) is 22.0 Å². The van der Waals surface area contributed by atoms with Crippen molar-refractivity contribution in [2.75, 3.05) is 38.2 Å². The highest BCUT2D eigenvalue weighted by Gasteiger charge is 2.11. The van der Waals surface area contributed by atoms with Gasteiger partial charge in [-0.25, -0.2) is 0 Å². The van der Waals surface area contributed by atoms with Crippen LogP contribution in [0.2, 0.25) is 0 Å². The van der Waals surface area contributed by atoms with Gasteiger partial charge in [-0.2, -0.15) is 11.8 Å². The summed E-state index contributed by atoms with van der Waals surface area (Å²) in [7, 11) is 1.70. The van der Waals surface area contributed by atoms with Crippen molar-refractivity contribution in [1.82, 2.24) is 4.90 Å². The average Bonchev–Trinajstić information content (AvgIpc) is 2.53. The van der Waals surface area contributed by atoms with Gasteiger partial charge in [-0.15, -0.1) is 0 Å². The Morgan fingerprint density at radius 2 is 2.19 bits per heavy atom. The summed E-state index contributed by atoms with van der Waals surface area (Å²) in [4.78, 5) is 6.67. The van der Waals surface area contributed by atoms with Crippen LogP contribution in [-0.2, 0) is 6.42 Å². The number of nitrogens with zero attached hydrogens (tertiary/aromatic N) is 2. The number of halogens is 1. The molecule has 1 aliphatic heterocycles. The van der Waals surface area contributed by atoms with Gasteiger partial charge in [0.15, 0.2) is 5.96 Å². The minimum absolute atomic E-state index is 0.693. The number of ether oxygens (including phenoxy) is 1. The normalized spacial score (nSPS) is 16.1. The van der Waals surface area contributed by atoms with Gasteiger partial charge in [0.05, 0.1) is 7.11 Å². The zero-order valence-corrected chi connectivity index (χ0v) is 14.8. The van der Waals surface area contributed by atoms with E-state index in [1.165, 1.54) is 5.56 Å². The first-order valence-corrected chi connectivity index (χ1v) is 9.10. The molecule has 1 aromatic carbocycles. The van der Waals surface area contributed by atoms with E-state index in [-0.39, 0.29) is 0 Å². The molecule has 1 heterocycles. The zero-order valence-electron chi connectivity index (χ0n) is 12.3. The molecule has 1 aliphatic rings. The van der Waals surface area contributed by atoms with Crippen LogP contribution >= 0.6 is 27.7 Å². The molecule has 1 fully saturated rings. The monoisotopic (exact) mass is 371 g/mol. The number of aliphatic imine (C=N–C) groups is 1. The molecule has 1 aromatic rings. The molecule has 2 N–H and O–H groups in total. The summed E-state index contributed by atoms with van der Waals surface area (Å²) >= 11 is 5.43. The third-order valence-electron chi connectivity index (χ3n) is 3.46. The highest BCUT2D eigenvalue weighted by Crippen LogP contribution is 2.24. The lowest BCUT2D eigenvalue weighted by atomic mass is 10.1. The summed E-state index contributed by atoms with van der Waals surface area (Å²) in [5, 5.41) is 0. The van der Waals surface area contributed by atoms with Gasteiger partial charge in [-0.3, -0.25) is 4.99 Å². The standard InChI is InChI=1S/C15H22BrN3OS/c1-20-14-11-13(16)5-4-12(14)3-2-6-18-15(17)19-7-9-21-10-8-19/h4-5,11H,2-3,6-10H2,1H3,(H2,17,18). The van der Waals surface area contributed by atoms with Crippen LogP contribution in [0, 0.1) is 0 Å². The maximum Gasteiger partial charge on any atom is 0.191 e. The average molecular weight is 372 g/mol. The van der Waals surface area contributed by atoms with Crippen LogP contribution in [0.1, 0.15) is 12.0 Å². The van der Waals surface area contributed by atoms with Crippen LogP contribution in [0.4, 0.5) is 0 Å². The highest BCUT2D eigenvalue weighted by molar-refractivity contribution is 9.10. The molecule has 0 amide bonds. The molecule has 0 spiro atoms. The minimum Gasteiger partial charge on any atom is -0.496 e. The van der Waals surface area contributed by atoms with Crippen LogP contribution in [0.5, 0.6) is 5.75 Å². The van der Waals surface area contributed by atoms with Crippen LogP contribution in [0.25, 0.3) is 0 Å². The third-order valence-corrected chi connectivity index (χ3v) is 4.90. The second-order valence-electron chi connectivity index (χ2n) is 4.90. The van der Waals surface area contributed by atoms with E-state index in [2.05, 4.69) is 31.9 Å². The molecule has 2 rings (SSSR count). The number of methoxy groups -OCH3 is 1. The maximum atomic E-state index is 6.04. The topological polar surface area (TPSA) is 50.9 Å². The van der Waals surface area contributed by atoms with Crippen LogP contribution < -0.4 is 10.5 Å². The fraction of sp³-hybridized carbons (Fsp3) is 0.533. The molecule has 0 aliphatic carbocycles. The summed E-state index contributed by atoms with van der Waals surface area (Å²) < 4.78 is 6.43. The van der Waals surface area contributed by atoms with E-state index in [0.29, 0.717) is 5.96 Å². The summed E-state index contributed by atoms with van der Waals surface area (Å²) in [6.45, 7) is 2.79. The summed E-state index contributed by atoms with van der Waals surface area (Å²) in [6.07, 6.45) is 1.92. The number of benzene rings is 1. The minimum atomic E-state index is 0.693. The third kappa shape index (κ3) is 5.11. The SMILES string of the molecule is COc1cc(Br)ccc1CCCN=C(N)N1CCSCC1. The number of nitrogens with two attached hydrogens (primary N) is 1. The Labute approximate surface area is 139 Å². The molecule has 0 bridgehead atoms. The zero-order chi connectivity index (χ0) is 15.1. The van der Waals surface area contributed by atoms with E-state index in [9.17, 15) is 0 Å². The van der Waals surface area contributed by atoms with Crippen molar-refractivity contribution in [1.29, 1.82) is 0 Å². The molecule has 0 aromatic heterocycles. The van der Waals surface area contributed by atoms with Gasteiger partial charge in [0.2, 0.25) is 0 Å². The summed E-state index contributed by atoms with van der Waals surface area (Å²) in [5.41, 5.74) is 7.25. The van der Waals surface area contributed by atoms with Gasteiger partial charge in [0, 0.05) is 35.6 Å². The first kappa shape index (κ1) is 16.5. The molecule has 1 saturated heterocycles. The van der Waals surface area contributed by atoms with Crippen molar-refractivity contribution in [2.45, 2.75) is 12.8 Å². The van der Waals surface area contributed by atoms with Gasteiger partial charge in [0.25, 0.3) is 0 Å². The molecule has 0 saturated carbocycles. The van der Waals surface area contributed by atoms with Gasteiger partial charge >= 0.3 is 0 Å². The maximum absolute atomic E-state index is 6.04. The first-order valence-electron chi connectivity index (χ1n) is 7.15. The number of guanidine groups is 1. The molecular formula is C15H22BrN3OS. The van der Waals surface area contributed by atoms with Gasteiger partial charge in [0.1, 0.15) is 5.75 Å². The summed E-state index contributed by atoms with van der Waals surface area (Å²) in [6, 6.07) is 6.14. The number of hydrogen-bond donors (Lipinski definition) is 1. The Kier molecular flexibility index (Phi) is 6.70. The number of aryl methyl sites for hydroxylation is 1. The van der Waals surface area contributed by atoms with E-state index in [1.54, 1.807) is 7.11 Å². The lowest BCUT2D eigenvalue weighted by molar-refractivity contribution is 0.409. The number of thioether (sulfide) groups is 1. The van der Waals surface area contributed by atoms with Crippen molar-refractivity contribution in [3.8, 4) is 5.75 Å². The molecule has 116 valence electrons. The molecule has 0 radical (unpaired) electrons. The van der Waals surface area contributed by atoms with E-state index in [4.69, 9.17) is 10.5 Å². The molecular weight excluding hydrogens is 350 g/mol. The second kappa shape index (κ2) is 8.54. The molecule has 21 heavy (non-hydrogen) atoms. The van der Waals surface area contributed by atoms with Crippen molar-refractivity contribution in [2.24, 2.45) is 10.7 Å². The lowest BCUT2D eigenvalue weighted by Gasteiger charge is -2.27. The Bertz CT molecular complexity index is 490.